The van der Waals surface area contributed by atoms with Crippen molar-refractivity contribution in [1.82, 2.24) is 14.5 Å². The lowest BCUT2D eigenvalue weighted by Crippen LogP contribution is -2.49. The van der Waals surface area contributed by atoms with Crippen molar-refractivity contribution in [2.75, 3.05) is 52.1 Å². The second-order valence-electron chi connectivity index (χ2n) is 5.72. The molecule has 0 saturated carbocycles. The molecule has 1 N–H and O–H groups in total. The second kappa shape index (κ2) is 8.19. The molecule has 5 nitrogen and oxygen atoms in total. The van der Waals surface area contributed by atoms with Crippen molar-refractivity contribution in [3.05, 3.63) is 0 Å². The largest absolute Gasteiger partial charge is 0.320 e. The van der Waals surface area contributed by atoms with E-state index >= 15 is 0 Å². The Morgan fingerprint density at radius 2 is 1.74 bits per heavy atom. The molecule has 1 aliphatic rings. The number of piperazine rings is 1. The summed E-state index contributed by atoms with van der Waals surface area (Å²) in [4.78, 5) is 2.36. The predicted molar refractivity (Wildman–Crippen MR) is 79.8 cm³/mol. The molecule has 0 aliphatic carbocycles. The molecule has 0 radical (unpaired) electrons. The van der Waals surface area contributed by atoms with Crippen LogP contribution in [0, 0.1) is 5.92 Å². The zero-order chi connectivity index (χ0) is 14.3. The number of rotatable bonds is 8. The molecule has 0 aromatic rings. The van der Waals surface area contributed by atoms with Gasteiger partial charge in [0.1, 0.15) is 0 Å². The Hall–Kier alpha value is -0.170. The van der Waals surface area contributed by atoms with Crippen LogP contribution >= 0.6 is 0 Å². The van der Waals surface area contributed by atoms with Crippen molar-refractivity contribution in [2.45, 2.75) is 26.7 Å². The van der Waals surface area contributed by atoms with E-state index in [9.17, 15) is 8.42 Å². The fourth-order valence-electron chi connectivity index (χ4n) is 2.42. The highest BCUT2D eigenvalue weighted by atomic mass is 32.2. The average molecular weight is 291 g/mol. The van der Waals surface area contributed by atoms with Gasteiger partial charge >= 0.3 is 0 Å². The van der Waals surface area contributed by atoms with E-state index in [0.717, 1.165) is 39.0 Å². The van der Waals surface area contributed by atoms with Crippen LogP contribution in [0.4, 0.5) is 0 Å². The lowest BCUT2D eigenvalue weighted by atomic mass is 10.2. The van der Waals surface area contributed by atoms with E-state index in [0.29, 0.717) is 24.8 Å². The summed E-state index contributed by atoms with van der Waals surface area (Å²) < 4.78 is 26.0. The van der Waals surface area contributed by atoms with Gasteiger partial charge in [0.15, 0.2) is 0 Å². The van der Waals surface area contributed by atoms with Gasteiger partial charge in [0.25, 0.3) is 0 Å². The number of sulfonamides is 1. The molecule has 114 valence electrons. The lowest BCUT2D eigenvalue weighted by molar-refractivity contribution is 0.172. The fraction of sp³-hybridized carbons (Fsp3) is 1.00. The molecule has 0 atom stereocenters. The Morgan fingerprint density at radius 1 is 1.11 bits per heavy atom. The fourth-order valence-corrected chi connectivity index (χ4v) is 3.97. The molecule has 1 fully saturated rings. The molecule has 0 spiro atoms. The highest BCUT2D eigenvalue weighted by Gasteiger charge is 2.26. The molecule has 0 bridgehead atoms. The van der Waals surface area contributed by atoms with Crippen molar-refractivity contribution in [3.8, 4) is 0 Å². The van der Waals surface area contributed by atoms with E-state index in [1.165, 1.54) is 0 Å². The van der Waals surface area contributed by atoms with E-state index in [4.69, 9.17) is 0 Å². The third-order valence-electron chi connectivity index (χ3n) is 3.43. The van der Waals surface area contributed by atoms with E-state index in [1.54, 1.807) is 4.31 Å². The summed E-state index contributed by atoms with van der Waals surface area (Å²) in [5.74, 6) is 0.934. The summed E-state index contributed by atoms with van der Waals surface area (Å²) in [6.45, 7) is 9.40. The number of hydrogen-bond donors (Lipinski definition) is 1. The average Bonchev–Trinajstić information content (AvgIpc) is 2.35. The summed E-state index contributed by atoms with van der Waals surface area (Å²) in [6.07, 6.45) is 1.67. The van der Waals surface area contributed by atoms with Gasteiger partial charge in [0.05, 0.1) is 5.75 Å². The van der Waals surface area contributed by atoms with Crippen LogP contribution in [-0.2, 0) is 10.0 Å². The van der Waals surface area contributed by atoms with Crippen molar-refractivity contribution >= 4 is 10.0 Å². The minimum Gasteiger partial charge on any atom is -0.320 e. The normalized spacial score (nSPS) is 19.2. The van der Waals surface area contributed by atoms with E-state index < -0.39 is 10.0 Å². The van der Waals surface area contributed by atoms with Gasteiger partial charge in [-0.05, 0) is 32.4 Å². The molecule has 1 rings (SSSR count). The zero-order valence-electron chi connectivity index (χ0n) is 12.6. The van der Waals surface area contributed by atoms with Gasteiger partial charge in [0, 0.05) is 32.7 Å². The van der Waals surface area contributed by atoms with E-state index in [1.807, 2.05) is 7.05 Å². The Balaban J connectivity index is 2.32. The van der Waals surface area contributed by atoms with Crippen molar-refractivity contribution in [2.24, 2.45) is 5.92 Å². The molecular weight excluding hydrogens is 262 g/mol. The van der Waals surface area contributed by atoms with Crippen LogP contribution in [0.25, 0.3) is 0 Å². The monoisotopic (exact) mass is 291 g/mol. The van der Waals surface area contributed by atoms with Crippen LogP contribution in [-0.4, -0.2) is 69.7 Å². The quantitative estimate of drug-likeness (QED) is 0.665. The Labute approximate surface area is 118 Å². The summed E-state index contributed by atoms with van der Waals surface area (Å²) in [6, 6.07) is 0. The van der Waals surface area contributed by atoms with Crippen molar-refractivity contribution in [1.29, 1.82) is 0 Å². The van der Waals surface area contributed by atoms with E-state index in [2.05, 4.69) is 24.1 Å². The number of unbranched alkanes of at least 4 members (excludes halogenated alkanes) is 1. The highest BCUT2D eigenvalue weighted by molar-refractivity contribution is 7.89. The SMILES string of the molecule is CNCCCCS(=O)(=O)N1CCN(CC(C)C)CC1. The Bertz CT molecular complexity index is 336. The van der Waals surface area contributed by atoms with Gasteiger partial charge in [0.2, 0.25) is 10.0 Å². The zero-order valence-corrected chi connectivity index (χ0v) is 13.4. The summed E-state index contributed by atoms with van der Waals surface area (Å²) >= 11 is 0. The maximum absolute atomic E-state index is 12.2. The van der Waals surface area contributed by atoms with Gasteiger partial charge in [-0.15, -0.1) is 0 Å². The smallest absolute Gasteiger partial charge is 0.214 e. The maximum Gasteiger partial charge on any atom is 0.214 e. The standard InChI is InChI=1S/C13H29N3O2S/c1-13(2)12-15-7-9-16(10-8-15)19(17,18)11-5-4-6-14-3/h13-14H,4-12H2,1-3H3. The molecule has 0 aromatic carbocycles. The van der Waals surface area contributed by atoms with Crippen LogP contribution in [0.15, 0.2) is 0 Å². The van der Waals surface area contributed by atoms with Crippen molar-refractivity contribution in [3.63, 3.8) is 0 Å². The van der Waals surface area contributed by atoms with Crippen LogP contribution in [0.1, 0.15) is 26.7 Å². The summed E-state index contributed by atoms with van der Waals surface area (Å²) in [7, 11) is -1.15. The van der Waals surface area contributed by atoms with Crippen LogP contribution in [0.5, 0.6) is 0 Å². The highest BCUT2D eigenvalue weighted by Crippen LogP contribution is 2.11. The molecule has 1 heterocycles. The molecular formula is C13H29N3O2S. The molecule has 1 saturated heterocycles. The first-order valence-corrected chi connectivity index (χ1v) is 8.91. The Morgan fingerprint density at radius 3 is 2.26 bits per heavy atom. The van der Waals surface area contributed by atoms with Crippen LogP contribution in [0.3, 0.4) is 0 Å². The van der Waals surface area contributed by atoms with Crippen molar-refractivity contribution < 1.29 is 8.42 Å². The van der Waals surface area contributed by atoms with Crippen LogP contribution in [0.2, 0.25) is 0 Å². The van der Waals surface area contributed by atoms with Gasteiger partial charge in [-0.3, -0.25) is 0 Å². The van der Waals surface area contributed by atoms with Gasteiger partial charge in [-0.1, -0.05) is 13.8 Å². The number of nitrogens with one attached hydrogen (secondary N) is 1. The molecule has 19 heavy (non-hydrogen) atoms. The minimum absolute atomic E-state index is 0.291. The summed E-state index contributed by atoms with van der Waals surface area (Å²) in [5, 5.41) is 3.04. The second-order valence-corrected chi connectivity index (χ2v) is 7.81. The predicted octanol–water partition coefficient (Wildman–Crippen LogP) is 0.589. The first-order valence-electron chi connectivity index (χ1n) is 7.30. The van der Waals surface area contributed by atoms with Gasteiger partial charge in [-0.25, -0.2) is 8.42 Å². The Kier molecular flexibility index (Phi) is 7.28. The molecule has 0 unspecified atom stereocenters. The molecule has 0 aromatic heterocycles. The van der Waals surface area contributed by atoms with Crippen LogP contribution < -0.4 is 5.32 Å². The lowest BCUT2D eigenvalue weighted by Gasteiger charge is -2.34. The number of hydrogen-bond acceptors (Lipinski definition) is 4. The van der Waals surface area contributed by atoms with Gasteiger partial charge in [-0.2, -0.15) is 4.31 Å². The minimum atomic E-state index is -3.04. The third kappa shape index (κ3) is 6.21. The molecule has 1 aliphatic heterocycles. The first kappa shape index (κ1) is 16.9. The summed E-state index contributed by atoms with van der Waals surface area (Å²) in [5.41, 5.74) is 0. The third-order valence-corrected chi connectivity index (χ3v) is 5.38. The maximum atomic E-state index is 12.2. The molecule has 6 heteroatoms. The van der Waals surface area contributed by atoms with E-state index in [-0.39, 0.29) is 0 Å². The molecule has 0 amide bonds. The van der Waals surface area contributed by atoms with Gasteiger partial charge < -0.3 is 10.2 Å². The first-order chi connectivity index (χ1) is 8.95. The topological polar surface area (TPSA) is 52.7 Å². The number of nitrogens with zero attached hydrogens (tertiary/aromatic N) is 2.